The molecule has 0 N–H and O–H groups in total. The molecule has 7 heteroatoms. The minimum Gasteiger partial charge on any atom is -0.439 e. The summed E-state index contributed by atoms with van der Waals surface area (Å²) in [6, 6.07) is 8.57. The number of carbonyl (C=O) groups is 1. The summed E-state index contributed by atoms with van der Waals surface area (Å²) in [5.74, 6) is 0.0995. The molecule has 0 saturated carbocycles. The van der Waals surface area contributed by atoms with Crippen molar-refractivity contribution in [2.45, 2.75) is 12.6 Å². The number of pyridine rings is 1. The van der Waals surface area contributed by atoms with E-state index in [0.717, 1.165) is 0 Å². The third-order valence-corrected chi connectivity index (χ3v) is 2.81. The molecule has 1 aromatic carbocycles. The molecular weight excluding hydrogens is 307 g/mol. The van der Waals surface area contributed by atoms with Gasteiger partial charge < -0.3 is 9.53 Å². The predicted octanol–water partition coefficient (Wildman–Crippen LogP) is 4.29. The van der Waals surface area contributed by atoms with Gasteiger partial charge in [-0.1, -0.05) is 17.7 Å². The Labute approximate surface area is 123 Å². The Morgan fingerprint density at radius 3 is 2.38 bits per heavy atom. The zero-order valence-electron chi connectivity index (χ0n) is 10.5. The number of nitrogens with zero attached hydrogens (tertiary/aromatic N) is 1. The molecule has 2 rings (SSSR count). The van der Waals surface area contributed by atoms with Gasteiger partial charge in [0.25, 0.3) is 0 Å². The Balaban J connectivity index is 2.33. The molecule has 2 aromatic rings. The second-order valence-corrected chi connectivity index (χ2v) is 4.52. The molecule has 0 fully saturated rings. The molecule has 0 spiro atoms. The summed E-state index contributed by atoms with van der Waals surface area (Å²) < 4.78 is 43.9. The highest BCUT2D eigenvalue weighted by atomic mass is 35.5. The summed E-state index contributed by atoms with van der Waals surface area (Å²) in [5.41, 5.74) is -1.32. The summed E-state index contributed by atoms with van der Waals surface area (Å²) in [4.78, 5) is 13.9. The normalized spacial score (nSPS) is 11.2. The van der Waals surface area contributed by atoms with Crippen molar-refractivity contribution in [2.75, 3.05) is 0 Å². The zero-order valence-corrected chi connectivity index (χ0v) is 11.3. The quantitative estimate of drug-likeness (QED) is 0.790. The van der Waals surface area contributed by atoms with Gasteiger partial charge in [-0.15, -0.1) is 0 Å². The Bertz CT molecular complexity index is 642. The van der Waals surface area contributed by atoms with Crippen LogP contribution in [0.4, 0.5) is 13.2 Å². The standard InChI is InChI=1S/C14H9ClF3NO2/c15-10-2-4-11(5-3-10)21-12-6-1-9(7-8-20)13(19-12)14(16,17)18/h1-6,8H,7H2. The number of carbonyl (C=O) groups excluding carboxylic acids is 1. The van der Waals surface area contributed by atoms with Crippen LogP contribution >= 0.6 is 11.6 Å². The van der Waals surface area contributed by atoms with E-state index in [1.54, 1.807) is 12.1 Å². The molecule has 0 aliphatic carbocycles. The molecule has 1 aromatic heterocycles. The molecule has 110 valence electrons. The van der Waals surface area contributed by atoms with Crippen LogP contribution < -0.4 is 4.74 Å². The molecule has 0 unspecified atom stereocenters. The molecule has 0 aliphatic rings. The average Bonchev–Trinajstić information content (AvgIpc) is 2.42. The highest BCUT2D eigenvalue weighted by molar-refractivity contribution is 6.30. The van der Waals surface area contributed by atoms with Crippen LogP contribution in [0.1, 0.15) is 11.3 Å². The van der Waals surface area contributed by atoms with E-state index in [4.69, 9.17) is 16.3 Å². The van der Waals surface area contributed by atoms with Crippen LogP contribution in [0.3, 0.4) is 0 Å². The highest BCUT2D eigenvalue weighted by Crippen LogP contribution is 2.33. The van der Waals surface area contributed by atoms with E-state index in [0.29, 0.717) is 17.1 Å². The lowest BCUT2D eigenvalue weighted by molar-refractivity contribution is -0.142. The number of alkyl halides is 3. The first kappa shape index (κ1) is 15.3. The maximum atomic E-state index is 12.9. The van der Waals surface area contributed by atoms with E-state index >= 15 is 0 Å². The van der Waals surface area contributed by atoms with Crippen LogP contribution in [0.15, 0.2) is 36.4 Å². The first-order chi connectivity index (χ1) is 9.90. The number of ether oxygens (including phenoxy) is 1. The van der Waals surface area contributed by atoms with E-state index in [9.17, 15) is 18.0 Å². The molecule has 0 amide bonds. The van der Waals surface area contributed by atoms with E-state index in [1.807, 2.05) is 0 Å². The van der Waals surface area contributed by atoms with Crippen molar-refractivity contribution in [2.24, 2.45) is 0 Å². The molecule has 21 heavy (non-hydrogen) atoms. The van der Waals surface area contributed by atoms with Crippen molar-refractivity contribution in [3.05, 3.63) is 52.7 Å². The fourth-order valence-corrected chi connectivity index (χ4v) is 1.78. The number of hydrogen-bond acceptors (Lipinski definition) is 3. The minimum absolute atomic E-state index is 0.194. The van der Waals surface area contributed by atoms with Gasteiger partial charge in [0.05, 0.1) is 0 Å². The van der Waals surface area contributed by atoms with Crippen LogP contribution in [0.2, 0.25) is 5.02 Å². The predicted molar refractivity (Wildman–Crippen MR) is 70.5 cm³/mol. The van der Waals surface area contributed by atoms with E-state index < -0.39 is 11.9 Å². The highest BCUT2D eigenvalue weighted by Gasteiger charge is 2.35. The van der Waals surface area contributed by atoms with Gasteiger partial charge in [-0.3, -0.25) is 0 Å². The summed E-state index contributed by atoms with van der Waals surface area (Å²) in [7, 11) is 0. The summed E-state index contributed by atoms with van der Waals surface area (Å²) >= 11 is 5.70. The van der Waals surface area contributed by atoms with Crippen molar-refractivity contribution in [3.8, 4) is 11.6 Å². The topological polar surface area (TPSA) is 39.2 Å². The van der Waals surface area contributed by atoms with E-state index in [1.165, 1.54) is 24.3 Å². The molecule has 0 aliphatic heterocycles. The zero-order chi connectivity index (χ0) is 15.5. The molecule has 0 bridgehead atoms. The fourth-order valence-electron chi connectivity index (χ4n) is 1.65. The molecule has 3 nitrogen and oxygen atoms in total. The second kappa shape index (κ2) is 6.13. The van der Waals surface area contributed by atoms with E-state index in [2.05, 4.69) is 4.98 Å². The third kappa shape index (κ3) is 3.95. The molecule has 0 saturated heterocycles. The maximum absolute atomic E-state index is 12.9. The van der Waals surface area contributed by atoms with Gasteiger partial charge >= 0.3 is 6.18 Å². The van der Waals surface area contributed by atoms with Crippen molar-refractivity contribution >= 4 is 17.9 Å². The van der Waals surface area contributed by atoms with Crippen LogP contribution in [-0.2, 0) is 17.4 Å². The van der Waals surface area contributed by atoms with Crippen LogP contribution in [0, 0.1) is 0 Å². The van der Waals surface area contributed by atoms with Crippen molar-refractivity contribution in [1.82, 2.24) is 4.98 Å². The monoisotopic (exact) mass is 315 g/mol. The third-order valence-electron chi connectivity index (χ3n) is 2.56. The van der Waals surface area contributed by atoms with Gasteiger partial charge in [-0.05, 0) is 29.8 Å². The Hall–Kier alpha value is -2.08. The molecule has 0 atom stereocenters. The van der Waals surface area contributed by atoms with Gasteiger partial charge in [-0.2, -0.15) is 13.2 Å². The average molecular weight is 316 g/mol. The van der Waals surface area contributed by atoms with Gasteiger partial charge in [0.2, 0.25) is 5.88 Å². The number of aromatic nitrogens is 1. The number of benzene rings is 1. The van der Waals surface area contributed by atoms with Crippen molar-refractivity contribution < 1.29 is 22.7 Å². The second-order valence-electron chi connectivity index (χ2n) is 4.08. The van der Waals surface area contributed by atoms with Gasteiger partial charge in [0.1, 0.15) is 12.0 Å². The van der Waals surface area contributed by atoms with Crippen LogP contribution in [-0.4, -0.2) is 11.3 Å². The first-order valence-corrected chi connectivity index (χ1v) is 6.22. The number of aldehydes is 1. The van der Waals surface area contributed by atoms with Crippen molar-refractivity contribution in [3.63, 3.8) is 0 Å². The van der Waals surface area contributed by atoms with Crippen LogP contribution in [0.25, 0.3) is 0 Å². The van der Waals surface area contributed by atoms with Gasteiger partial charge in [-0.25, -0.2) is 4.98 Å². The lowest BCUT2D eigenvalue weighted by Gasteiger charge is -2.12. The summed E-state index contributed by atoms with van der Waals surface area (Å²) in [6.45, 7) is 0. The smallest absolute Gasteiger partial charge is 0.433 e. The Kier molecular flexibility index (Phi) is 4.47. The largest absolute Gasteiger partial charge is 0.439 e. The summed E-state index contributed by atoms with van der Waals surface area (Å²) in [5, 5.41) is 0.479. The lowest BCUT2D eigenvalue weighted by atomic mass is 10.1. The van der Waals surface area contributed by atoms with E-state index in [-0.39, 0.29) is 17.9 Å². The number of rotatable bonds is 4. The maximum Gasteiger partial charge on any atom is 0.433 e. The Morgan fingerprint density at radius 2 is 1.81 bits per heavy atom. The molecule has 0 radical (unpaired) electrons. The summed E-state index contributed by atoms with van der Waals surface area (Å²) in [6.07, 6.45) is -4.62. The SMILES string of the molecule is O=CCc1ccc(Oc2ccc(Cl)cc2)nc1C(F)(F)F. The fraction of sp³-hybridized carbons (Fsp3) is 0.143. The molecule has 1 heterocycles. The number of hydrogen-bond donors (Lipinski definition) is 0. The van der Waals surface area contributed by atoms with Gasteiger partial charge in [0.15, 0.2) is 5.69 Å². The first-order valence-electron chi connectivity index (χ1n) is 5.84. The molecular formula is C14H9ClF3NO2. The van der Waals surface area contributed by atoms with Crippen molar-refractivity contribution in [1.29, 1.82) is 0 Å². The Morgan fingerprint density at radius 1 is 1.14 bits per heavy atom. The minimum atomic E-state index is -4.66. The number of halogens is 4. The van der Waals surface area contributed by atoms with Gasteiger partial charge in [0, 0.05) is 17.5 Å². The lowest BCUT2D eigenvalue weighted by Crippen LogP contribution is -2.13. The van der Waals surface area contributed by atoms with Crippen LogP contribution in [0.5, 0.6) is 11.6 Å².